The lowest BCUT2D eigenvalue weighted by atomic mass is 9.96. The highest BCUT2D eigenvalue weighted by atomic mass is 16.8. The SMILES string of the molecule is CCCCCCC/C=C\CCCCCCCC(=O)NC(COC1OC(CO)C(OC2OC(CO)C(OC3OC(CO)C(O)C(O)C3O)C(O)C2O)C(O)C1O)C(O)/C=C/CC/C=C/CCCCCCCCCCCCCCC. The fourth-order valence-electron chi connectivity index (χ4n) is 10.1. The minimum atomic E-state index is -1.98. The van der Waals surface area contributed by atoms with E-state index >= 15 is 0 Å². The molecular weight excluding hydrogens is 1010 g/mol. The lowest BCUT2D eigenvalue weighted by Crippen LogP contribution is -2.66. The number of hydrogen-bond donors (Lipinski definition) is 12. The van der Waals surface area contributed by atoms with Gasteiger partial charge in [-0.1, -0.05) is 172 Å². The average Bonchev–Trinajstić information content (AvgIpc) is 3.47. The molecule has 3 aliphatic rings. The summed E-state index contributed by atoms with van der Waals surface area (Å²) >= 11 is 0. The predicted molar refractivity (Wildman–Crippen MR) is 296 cm³/mol. The van der Waals surface area contributed by atoms with Gasteiger partial charge in [-0.2, -0.15) is 0 Å². The minimum absolute atomic E-state index is 0.226. The Bertz CT molecular complexity index is 1570. The summed E-state index contributed by atoms with van der Waals surface area (Å²) in [5, 5.41) is 120. The van der Waals surface area contributed by atoms with Crippen molar-refractivity contribution in [2.75, 3.05) is 26.4 Å². The van der Waals surface area contributed by atoms with Gasteiger partial charge in [-0.15, -0.1) is 0 Å². The van der Waals surface area contributed by atoms with Crippen LogP contribution >= 0.6 is 0 Å². The van der Waals surface area contributed by atoms with Crippen LogP contribution in [-0.4, -0.2) is 193 Å². The number of aliphatic hydroxyl groups excluding tert-OH is 11. The molecule has 3 aliphatic heterocycles. The van der Waals surface area contributed by atoms with Crippen LogP contribution in [0.25, 0.3) is 0 Å². The van der Waals surface area contributed by atoms with Gasteiger partial charge in [-0.3, -0.25) is 4.79 Å². The minimum Gasteiger partial charge on any atom is -0.394 e. The second-order valence-corrected chi connectivity index (χ2v) is 21.8. The van der Waals surface area contributed by atoms with Gasteiger partial charge in [0.05, 0.1) is 38.6 Å². The van der Waals surface area contributed by atoms with Crippen molar-refractivity contribution < 1.29 is 89.4 Å². The molecule has 0 saturated carbocycles. The number of ether oxygens (including phenoxy) is 6. The molecule has 19 heteroatoms. The van der Waals surface area contributed by atoms with Crippen LogP contribution in [0.2, 0.25) is 0 Å². The number of amides is 1. The summed E-state index contributed by atoms with van der Waals surface area (Å²) < 4.78 is 34.2. The Labute approximate surface area is 466 Å². The third kappa shape index (κ3) is 26.5. The summed E-state index contributed by atoms with van der Waals surface area (Å²) in [6, 6.07) is -0.992. The molecule has 0 radical (unpaired) electrons. The number of aliphatic hydroxyl groups is 11. The Hall–Kier alpha value is -1.99. The smallest absolute Gasteiger partial charge is 0.220 e. The van der Waals surface area contributed by atoms with Crippen LogP contribution < -0.4 is 5.32 Å². The van der Waals surface area contributed by atoms with Crippen molar-refractivity contribution in [3.63, 3.8) is 0 Å². The van der Waals surface area contributed by atoms with Gasteiger partial charge in [0.15, 0.2) is 18.9 Å². The normalized spacial score (nSPS) is 30.7. The van der Waals surface area contributed by atoms with Crippen molar-refractivity contribution in [3.05, 3.63) is 36.5 Å². The Morgan fingerprint density at radius 3 is 1.28 bits per heavy atom. The van der Waals surface area contributed by atoms with Gasteiger partial charge in [-0.25, -0.2) is 0 Å². The van der Waals surface area contributed by atoms with Crippen LogP contribution in [0.3, 0.4) is 0 Å². The number of carbonyl (C=O) groups excluding carboxylic acids is 1. The Kier molecular flexibility index (Phi) is 38.5. The molecule has 17 unspecified atom stereocenters. The van der Waals surface area contributed by atoms with Gasteiger partial charge < -0.3 is 89.9 Å². The maximum Gasteiger partial charge on any atom is 0.220 e. The van der Waals surface area contributed by atoms with Crippen molar-refractivity contribution in [2.24, 2.45) is 0 Å². The molecule has 78 heavy (non-hydrogen) atoms. The van der Waals surface area contributed by atoms with Crippen LogP contribution in [0.5, 0.6) is 0 Å². The Morgan fingerprint density at radius 1 is 0.449 bits per heavy atom. The fourth-order valence-corrected chi connectivity index (χ4v) is 10.1. The summed E-state index contributed by atoms with van der Waals surface area (Å²) in [5.74, 6) is -0.295. The first-order chi connectivity index (χ1) is 37.8. The van der Waals surface area contributed by atoms with E-state index in [0.717, 1.165) is 57.8 Å². The molecule has 19 nitrogen and oxygen atoms in total. The van der Waals surface area contributed by atoms with Crippen LogP contribution in [0.4, 0.5) is 0 Å². The van der Waals surface area contributed by atoms with Gasteiger partial charge in [0.25, 0.3) is 0 Å². The highest BCUT2D eigenvalue weighted by molar-refractivity contribution is 5.76. The summed E-state index contributed by atoms with van der Waals surface area (Å²) in [4.78, 5) is 13.3. The Balaban J connectivity index is 1.52. The number of rotatable bonds is 44. The fraction of sp³-hybridized carbons (Fsp3) is 0.881. The summed E-state index contributed by atoms with van der Waals surface area (Å²) in [5.41, 5.74) is 0. The molecule has 0 aromatic heterocycles. The quantitative estimate of drug-likeness (QED) is 0.0271. The Morgan fingerprint density at radius 2 is 0.821 bits per heavy atom. The van der Waals surface area contributed by atoms with Crippen LogP contribution in [0.1, 0.15) is 200 Å². The lowest BCUT2D eigenvalue weighted by Gasteiger charge is -2.48. The molecule has 0 aromatic carbocycles. The molecule has 0 spiro atoms. The molecule has 0 bridgehead atoms. The first-order valence-corrected chi connectivity index (χ1v) is 30.2. The van der Waals surface area contributed by atoms with E-state index in [1.807, 2.05) is 6.08 Å². The van der Waals surface area contributed by atoms with E-state index in [1.54, 1.807) is 6.08 Å². The molecule has 12 N–H and O–H groups in total. The van der Waals surface area contributed by atoms with E-state index in [0.29, 0.717) is 12.8 Å². The van der Waals surface area contributed by atoms with Crippen molar-refractivity contribution in [3.8, 4) is 0 Å². The predicted octanol–water partition coefficient (Wildman–Crippen LogP) is 5.32. The first kappa shape index (κ1) is 70.3. The van der Waals surface area contributed by atoms with E-state index in [1.165, 1.54) is 109 Å². The standard InChI is InChI=1S/C59H107NO18/c1-3-5-7-9-11-13-15-17-19-20-21-22-23-24-26-28-30-32-34-36-43(64)42(60-47(65)37-35-33-31-29-27-25-18-16-14-12-10-8-6-4-2)41-73-57-53(71)50(68)55(45(39-62)75-57)78-59-54(72)51(69)56(46(40-63)76-59)77-58-52(70)49(67)48(66)44(38-61)74-58/h16,18,26,28,34,36,42-46,48-59,61-64,66-72H,3-15,17,19-25,27,29-33,35,37-41H2,1-2H3,(H,60,65)/b18-16-,28-26+,36-34+. The second kappa shape index (κ2) is 42.8. The summed E-state index contributed by atoms with van der Waals surface area (Å²) in [6.07, 6.45) is 18.4. The van der Waals surface area contributed by atoms with Gasteiger partial charge in [0.2, 0.25) is 5.91 Å². The van der Waals surface area contributed by atoms with E-state index in [-0.39, 0.29) is 18.9 Å². The van der Waals surface area contributed by atoms with Gasteiger partial charge in [0.1, 0.15) is 73.2 Å². The maximum atomic E-state index is 13.3. The molecule has 3 rings (SSSR count). The second-order valence-electron chi connectivity index (χ2n) is 21.8. The molecule has 3 saturated heterocycles. The maximum absolute atomic E-state index is 13.3. The number of allylic oxidation sites excluding steroid dienone is 5. The van der Waals surface area contributed by atoms with Crippen molar-refractivity contribution in [2.45, 2.75) is 304 Å². The third-order valence-electron chi connectivity index (χ3n) is 15.2. The van der Waals surface area contributed by atoms with Crippen LogP contribution in [0.15, 0.2) is 36.5 Å². The zero-order chi connectivity index (χ0) is 56.9. The van der Waals surface area contributed by atoms with Gasteiger partial charge >= 0.3 is 0 Å². The number of unbranched alkanes of at least 4 members (excludes halogenated alkanes) is 24. The van der Waals surface area contributed by atoms with Crippen molar-refractivity contribution in [1.82, 2.24) is 5.32 Å². The molecule has 456 valence electrons. The van der Waals surface area contributed by atoms with E-state index in [9.17, 15) is 61.0 Å². The lowest BCUT2D eigenvalue weighted by molar-refractivity contribution is -0.379. The highest BCUT2D eigenvalue weighted by Gasteiger charge is 2.53. The summed E-state index contributed by atoms with van der Waals surface area (Å²) in [7, 11) is 0. The van der Waals surface area contributed by atoms with E-state index in [4.69, 9.17) is 28.4 Å². The molecule has 0 aromatic rings. The molecule has 3 fully saturated rings. The van der Waals surface area contributed by atoms with E-state index in [2.05, 4.69) is 43.5 Å². The monoisotopic (exact) mass is 1120 g/mol. The van der Waals surface area contributed by atoms with Crippen LogP contribution in [-0.2, 0) is 33.2 Å². The number of hydrogen-bond acceptors (Lipinski definition) is 18. The van der Waals surface area contributed by atoms with Crippen molar-refractivity contribution in [1.29, 1.82) is 0 Å². The van der Waals surface area contributed by atoms with Gasteiger partial charge in [-0.05, 0) is 57.8 Å². The molecular formula is C59H107NO18. The van der Waals surface area contributed by atoms with Crippen LogP contribution in [0, 0.1) is 0 Å². The third-order valence-corrected chi connectivity index (χ3v) is 15.2. The van der Waals surface area contributed by atoms with Crippen molar-refractivity contribution >= 4 is 5.91 Å². The molecule has 1 amide bonds. The van der Waals surface area contributed by atoms with E-state index < -0.39 is 124 Å². The first-order valence-electron chi connectivity index (χ1n) is 30.2. The number of nitrogens with one attached hydrogen (secondary N) is 1. The topological polar surface area (TPSA) is 307 Å². The average molecular weight is 1120 g/mol. The largest absolute Gasteiger partial charge is 0.394 e. The molecule has 17 atom stereocenters. The number of carbonyl (C=O) groups is 1. The zero-order valence-corrected chi connectivity index (χ0v) is 47.4. The molecule has 0 aliphatic carbocycles. The van der Waals surface area contributed by atoms with Gasteiger partial charge in [0, 0.05) is 6.42 Å². The zero-order valence-electron chi connectivity index (χ0n) is 47.4. The summed E-state index contributed by atoms with van der Waals surface area (Å²) in [6.45, 7) is 1.68. The molecule has 3 heterocycles. The highest BCUT2D eigenvalue weighted by Crippen LogP contribution is 2.33.